The number of nitrogens with zero attached hydrogens (tertiary/aromatic N) is 2. The van der Waals surface area contributed by atoms with Gasteiger partial charge in [-0.2, -0.15) is 0 Å². The highest BCUT2D eigenvalue weighted by molar-refractivity contribution is 7.13. The van der Waals surface area contributed by atoms with Gasteiger partial charge in [0.05, 0.1) is 27.2 Å². The van der Waals surface area contributed by atoms with Crippen LogP contribution in [-0.4, -0.2) is 34.7 Å². The van der Waals surface area contributed by atoms with Crippen LogP contribution in [0.15, 0.2) is 40.8 Å². The van der Waals surface area contributed by atoms with Crippen LogP contribution in [0.2, 0.25) is 0 Å². The maximum atomic E-state index is 12.7. The Morgan fingerprint density at radius 1 is 1.50 bits per heavy atom. The minimum Gasteiger partial charge on any atom is -0.449 e. The van der Waals surface area contributed by atoms with Crippen LogP contribution in [0.3, 0.4) is 0 Å². The largest absolute Gasteiger partial charge is 0.449 e. The number of hydrogen-bond donors (Lipinski definition) is 1. The first-order chi connectivity index (χ1) is 12.5. The van der Waals surface area contributed by atoms with Crippen LogP contribution in [-0.2, 0) is 9.53 Å². The average molecular weight is 371 g/mol. The molecule has 1 N–H and O–H groups in total. The summed E-state index contributed by atoms with van der Waals surface area (Å²) in [6.07, 6.45) is 0.600. The van der Waals surface area contributed by atoms with E-state index in [4.69, 9.17) is 9.26 Å². The lowest BCUT2D eigenvalue weighted by molar-refractivity contribution is -0.128. The van der Waals surface area contributed by atoms with Gasteiger partial charge in [0.15, 0.2) is 6.10 Å². The van der Waals surface area contributed by atoms with Gasteiger partial charge in [-0.1, -0.05) is 17.3 Å². The van der Waals surface area contributed by atoms with Crippen molar-refractivity contribution in [1.29, 1.82) is 0 Å². The molecule has 1 amide bonds. The number of thiophene rings is 1. The third kappa shape index (κ3) is 3.50. The number of aromatic nitrogens is 2. The Morgan fingerprint density at radius 3 is 3.00 bits per heavy atom. The highest BCUT2D eigenvalue weighted by Gasteiger charge is 2.24. The average Bonchev–Trinajstić information content (AvgIpc) is 3.29. The van der Waals surface area contributed by atoms with E-state index < -0.39 is 18.0 Å². The van der Waals surface area contributed by atoms with Crippen molar-refractivity contribution in [2.45, 2.75) is 20.0 Å². The van der Waals surface area contributed by atoms with E-state index in [0.29, 0.717) is 23.3 Å². The second kappa shape index (κ2) is 7.49. The molecular weight excluding hydrogens is 354 g/mol. The molecule has 3 heterocycles. The number of ether oxygens (including phenoxy) is 1. The topological polar surface area (TPSA) is 94.3 Å². The van der Waals surface area contributed by atoms with Crippen LogP contribution in [0, 0.1) is 6.92 Å². The molecule has 8 heteroatoms. The summed E-state index contributed by atoms with van der Waals surface area (Å²) in [6.45, 7) is 7.05. The number of hydrogen-bond acceptors (Lipinski definition) is 7. The van der Waals surface area contributed by atoms with Crippen molar-refractivity contribution in [3.8, 4) is 10.6 Å². The monoisotopic (exact) mass is 371 g/mol. The fraction of sp³-hybridized carbons (Fsp3) is 0.222. The molecule has 0 saturated heterocycles. The summed E-state index contributed by atoms with van der Waals surface area (Å²) >= 11 is 1.49. The normalized spacial score (nSPS) is 11.9. The second-order valence-electron chi connectivity index (χ2n) is 5.56. The highest BCUT2D eigenvalue weighted by atomic mass is 32.1. The lowest BCUT2D eigenvalue weighted by atomic mass is 10.1. The van der Waals surface area contributed by atoms with Crippen LogP contribution >= 0.6 is 11.3 Å². The Bertz CT molecular complexity index is 962. The third-order valence-electron chi connectivity index (χ3n) is 3.68. The van der Waals surface area contributed by atoms with E-state index in [1.54, 1.807) is 19.1 Å². The molecule has 0 aliphatic rings. The maximum Gasteiger partial charge on any atom is 0.339 e. The maximum absolute atomic E-state index is 12.7. The van der Waals surface area contributed by atoms with Crippen molar-refractivity contribution in [3.05, 3.63) is 47.5 Å². The van der Waals surface area contributed by atoms with E-state index in [9.17, 15) is 9.59 Å². The Labute approximate surface area is 153 Å². The van der Waals surface area contributed by atoms with Gasteiger partial charge < -0.3 is 14.6 Å². The third-order valence-corrected chi connectivity index (χ3v) is 4.58. The fourth-order valence-electron chi connectivity index (χ4n) is 2.40. The smallest absolute Gasteiger partial charge is 0.339 e. The van der Waals surface area contributed by atoms with Gasteiger partial charge in [0.1, 0.15) is 0 Å². The van der Waals surface area contributed by atoms with Crippen molar-refractivity contribution in [3.63, 3.8) is 0 Å². The Balaban J connectivity index is 1.95. The summed E-state index contributed by atoms with van der Waals surface area (Å²) in [5.74, 6) is -1.04. The first kappa shape index (κ1) is 17.8. The number of amides is 1. The van der Waals surface area contributed by atoms with Gasteiger partial charge in [0.2, 0.25) is 0 Å². The molecule has 0 spiro atoms. The second-order valence-corrected chi connectivity index (χ2v) is 6.51. The Morgan fingerprint density at radius 2 is 2.31 bits per heavy atom. The van der Waals surface area contributed by atoms with Gasteiger partial charge in [-0.05, 0) is 31.4 Å². The van der Waals surface area contributed by atoms with Gasteiger partial charge in [0.25, 0.3) is 11.6 Å². The molecule has 7 nitrogen and oxygen atoms in total. The Hall–Kier alpha value is -3.00. The summed E-state index contributed by atoms with van der Waals surface area (Å²) in [6, 6.07) is 5.42. The number of pyridine rings is 1. The summed E-state index contributed by atoms with van der Waals surface area (Å²) in [5, 5.41) is 8.87. The molecule has 3 rings (SSSR count). The molecule has 3 aromatic rings. The van der Waals surface area contributed by atoms with Gasteiger partial charge >= 0.3 is 5.97 Å². The molecule has 0 bridgehead atoms. The van der Waals surface area contributed by atoms with Crippen molar-refractivity contribution in [1.82, 2.24) is 15.5 Å². The number of rotatable bonds is 6. The van der Waals surface area contributed by atoms with Crippen LogP contribution in [0.4, 0.5) is 0 Å². The lowest BCUT2D eigenvalue weighted by Crippen LogP contribution is -2.35. The zero-order valence-electron chi connectivity index (χ0n) is 14.3. The van der Waals surface area contributed by atoms with Gasteiger partial charge in [-0.3, -0.25) is 4.79 Å². The predicted octanol–water partition coefficient (Wildman–Crippen LogP) is 3.11. The van der Waals surface area contributed by atoms with Crippen LogP contribution in [0.1, 0.15) is 23.0 Å². The number of carbonyl (C=O) groups excluding carboxylic acids is 2. The number of fused-ring (bicyclic) bond motifs is 1. The highest BCUT2D eigenvalue weighted by Crippen LogP contribution is 2.29. The lowest BCUT2D eigenvalue weighted by Gasteiger charge is -2.13. The summed E-state index contributed by atoms with van der Waals surface area (Å²) in [5.41, 5.74) is 1.63. The molecule has 0 radical (unpaired) electrons. The van der Waals surface area contributed by atoms with E-state index in [2.05, 4.69) is 22.0 Å². The standard InChI is InChI=1S/C18H17N3O4S/c1-4-7-19-16(22)11(3)24-18(23)12-9-13(14-6-5-8-26-14)20-17-15(12)10(2)21-25-17/h4-6,8-9,11H,1,7H2,2-3H3,(H,19,22)/t11-/m1/s1. The zero-order chi connectivity index (χ0) is 18.7. The Kier molecular flexibility index (Phi) is 5.13. The summed E-state index contributed by atoms with van der Waals surface area (Å²) in [4.78, 5) is 29.9. The molecule has 0 aromatic carbocycles. The first-order valence-corrected chi connectivity index (χ1v) is 8.79. The first-order valence-electron chi connectivity index (χ1n) is 7.91. The van der Waals surface area contributed by atoms with Crippen LogP contribution < -0.4 is 5.32 Å². The molecule has 0 fully saturated rings. The zero-order valence-corrected chi connectivity index (χ0v) is 15.1. The molecular formula is C18H17N3O4S. The van der Waals surface area contributed by atoms with E-state index >= 15 is 0 Å². The molecule has 0 unspecified atom stereocenters. The number of nitrogens with one attached hydrogen (secondary N) is 1. The number of carbonyl (C=O) groups is 2. The molecule has 3 aromatic heterocycles. The van der Waals surface area contributed by atoms with E-state index in [-0.39, 0.29) is 11.3 Å². The van der Waals surface area contributed by atoms with Gasteiger partial charge in [-0.25, -0.2) is 9.78 Å². The van der Waals surface area contributed by atoms with Crippen LogP contribution in [0.25, 0.3) is 21.7 Å². The summed E-state index contributed by atoms with van der Waals surface area (Å²) in [7, 11) is 0. The molecule has 0 saturated carbocycles. The fourth-order valence-corrected chi connectivity index (χ4v) is 3.09. The minimum atomic E-state index is -0.948. The van der Waals surface area contributed by atoms with Crippen molar-refractivity contribution in [2.24, 2.45) is 0 Å². The molecule has 134 valence electrons. The van der Waals surface area contributed by atoms with Crippen molar-refractivity contribution >= 4 is 34.3 Å². The predicted molar refractivity (Wildman–Crippen MR) is 97.9 cm³/mol. The van der Waals surface area contributed by atoms with E-state index in [1.165, 1.54) is 18.3 Å². The van der Waals surface area contributed by atoms with Crippen molar-refractivity contribution in [2.75, 3.05) is 6.54 Å². The van der Waals surface area contributed by atoms with Gasteiger partial charge in [0, 0.05) is 6.54 Å². The van der Waals surface area contributed by atoms with Crippen LogP contribution in [0.5, 0.6) is 0 Å². The SMILES string of the molecule is C=CCNC(=O)[C@@H](C)OC(=O)c1cc(-c2cccs2)nc2onc(C)c12. The molecule has 0 aliphatic carbocycles. The molecule has 1 atom stereocenters. The van der Waals surface area contributed by atoms with E-state index in [0.717, 1.165) is 4.88 Å². The van der Waals surface area contributed by atoms with E-state index in [1.807, 2.05) is 17.5 Å². The number of esters is 1. The minimum absolute atomic E-state index is 0.254. The summed E-state index contributed by atoms with van der Waals surface area (Å²) < 4.78 is 10.6. The van der Waals surface area contributed by atoms with Crippen molar-refractivity contribution < 1.29 is 18.8 Å². The quantitative estimate of drug-likeness (QED) is 0.528. The molecule has 0 aliphatic heterocycles. The van der Waals surface area contributed by atoms with Gasteiger partial charge in [-0.15, -0.1) is 17.9 Å². The molecule has 26 heavy (non-hydrogen) atoms. The number of aryl methyl sites for hydroxylation is 1.